The van der Waals surface area contributed by atoms with Gasteiger partial charge in [-0.1, -0.05) is 0 Å². The molecule has 0 radical (unpaired) electrons. The highest BCUT2D eigenvalue weighted by Gasteiger charge is 2.12. The Morgan fingerprint density at radius 2 is 2.00 bits per heavy atom. The van der Waals surface area contributed by atoms with Gasteiger partial charge >= 0.3 is 0 Å². The first-order valence-electron chi connectivity index (χ1n) is 4.34. The lowest BCUT2D eigenvalue weighted by atomic mass is 10.1. The van der Waals surface area contributed by atoms with Crippen molar-refractivity contribution < 1.29 is 13.6 Å². The van der Waals surface area contributed by atoms with E-state index in [1.807, 2.05) is 0 Å². The van der Waals surface area contributed by atoms with Crippen LogP contribution in [0.4, 0.5) is 8.78 Å². The van der Waals surface area contributed by atoms with Crippen LogP contribution in [-0.2, 0) is 0 Å². The van der Waals surface area contributed by atoms with Gasteiger partial charge in [0.15, 0.2) is 11.6 Å². The first-order valence-corrected chi connectivity index (χ1v) is 4.88. The fourth-order valence-corrected chi connectivity index (χ4v) is 1.10. The van der Waals surface area contributed by atoms with Crippen molar-refractivity contribution >= 4 is 17.4 Å². The molecule has 1 aromatic heterocycles. The van der Waals surface area contributed by atoms with Gasteiger partial charge in [0, 0.05) is 24.7 Å². The Morgan fingerprint density at radius 3 is 2.47 bits per heavy atom. The molecule has 0 saturated carbocycles. The van der Waals surface area contributed by atoms with Crippen LogP contribution < -0.4 is 0 Å². The molecule has 6 heteroatoms. The molecule has 0 fully saturated rings. The van der Waals surface area contributed by atoms with E-state index in [9.17, 15) is 13.6 Å². The number of ketones is 1. The van der Waals surface area contributed by atoms with Gasteiger partial charge in [-0.15, -0.1) is 11.6 Å². The average Bonchev–Trinajstić information content (AvgIpc) is 2.26. The molecule has 0 atom stereocenters. The molecule has 0 unspecified atom stereocenters. The largest absolute Gasteiger partial charge is 0.297 e. The lowest BCUT2D eigenvalue weighted by Crippen LogP contribution is -2.03. The summed E-state index contributed by atoms with van der Waals surface area (Å²) >= 11 is 5.42. The molecule has 0 aliphatic rings. The van der Waals surface area contributed by atoms with Crippen LogP contribution in [0.5, 0.6) is 0 Å². The maximum absolute atomic E-state index is 12.1. The van der Waals surface area contributed by atoms with E-state index in [1.165, 1.54) is 0 Å². The molecule has 0 aromatic carbocycles. The van der Waals surface area contributed by atoms with Crippen LogP contribution in [0.2, 0.25) is 0 Å². The average molecular weight is 235 g/mol. The van der Waals surface area contributed by atoms with Gasteiger partial charge in [-0.25, -0.2) is 18.7 Å². The molecule has 0 bridgehead atoms. The molecule has 3 nitrogen and oxygen atoms in total. The summed E-state index contributed by atoms with van der Waals surface area (Å²) in [6, 6.07) is 0. The van der Waals surface area contributed by atoms with Crippen molar-refractivity contribution in [3.63, 3.8) is 0 Å². The second kappa shape index (κ2) is 5.70. The number of halogens is 3. The Kier molecular flexibility index (Phi) is 4.55. The van der Waals surface area contributed by atoms with E-state index in [4.69, 9.17) is 11.6 Å². The number of carbonyl (C=O) groups excluding carboxylic acids is 1. The van der Waals surface area contributed by atoms with Crippen LogP contribution in [0.15, 0.2) is 12.4 Å². The summed E-state index contributed by atoms with van der Waals surface area (Å²) in [5.74, 6) is -0.359. The van der Waals surface area contributed by atoms with E-state index in [-0.39, 0.29) is 17.8 Å². The summed E-state index contributed by atoms with van der Waals surface area (Å²) in [5, 5.41) is 0. The maximum atomic E-state index is 12.1. The molecule has 1 rings (SSSR count). The highest BCUT2D eigenvalue weighted by Crippen LogP contribution is 2.13. The van der Waals surface area contributed by atoms with Crippen LogP contribution in [0.1, 0.15) is 35.4 Å². The molecular weight excluding hydrogens is 226 g/mol. The molecular formula is C9H9ClF2N2O. The number of carbonyl (C=O) groups is 1. The molecule has 82 valence electrons. The number of Topliss-reactive ketones (excluding diaryl/α,β-unsaturated/α-hetero) is 1. The van der Waals surface area contributed by atoms with E-state index in [0.29, 0.717) is 12.3 Å². The third-order valence-corrected chi connectivity index (χ3v) is 1.99. The van der Waals surface area contributed by atoms with Crippen molar-refractivity contribution in [2.45, 2.75) is 19.3 Å². The summed E-state index contributed by atoms with van der Waals surface area (Å²) < 4.78 is 24.2. The highest BCUT2D eigenvalue weighted by molar-refractivity contribution is 6.18. The van der Waals surface area contributed by atoms with Crippen molar-refractivity contribution in [3.8, 4) is 0 Å². The molecule has 0 amide bonds. The molecule has 0 spiro atoms. The summed E-state index contributed by atoms with van der Waals surface area (Å²) in [7, 11) is 0. The van der Waals surface area contributed by atoms with Gasteiger partial charge in [0.05, 0.1) is 5.56 Å². The van der Waals surface area contributed by atoms with Gasteiger partial charge in [-0.2, -0.15) is 0 Å². The Labute approximate surface area is 90.5 Å². The van der Waals surface area contributed by atoms with E-state index >= 15 is 0 Å². The van der Waals surface area contributed by atoms with Gasteiger partial charge < -0.3 is 0 Å². The summed E-state index contributed by atoms with van der Waals surface area (Å²) in [6.45, 7) is 0. The second-order valence-electron chi connectivity index (χ2n) is 2.85. The molecule has 0 aliphatic heterocycles. The number of hydrogen-bond acceptors (Lipinski definition) is 3. The number of hydrogen-bond donors (Lipinski definition) is 0. The van der Waals surface area contributed by atoms with E-state index < -0.39 is 12.2 Å². The minimum Gasteiger partial charge on any atom is -0.294 e. The Bertz CT molecular complexity index is 329. The predicted molar refractivity (Wildman–Crippen MR) is 51.3 cm³/mol. The third-order valence-electron chi connectivity index (χ3n) is 1.73. The Morgan fingerprint density at radius 1 is 1.40 bits per heavy atom. The zero-order chi connectivity index (χ0) is 11.3. The van der Waals surface area contributed by atoms with Gasteiger partial charge in [-0.3, -0.25) is 4.79 Å². The fraction of sp³-hybridized carbons (Fsp3) is 0.444. The van der Waals surface area contributed by atoms with E-state index in [1.54, 1.807) is 0 Å². The van der Waals surface area contributed by atoms with Crippen molar-refractivity contribution in [1.29, 1.82) is 0 Å². The summed E-state index contributed by atoms with van der Waals surface area (Å²) in [4.78, 5) is 18.1. The fourth-order valence-electron chi connectivity index (χ4n) is 0.966. The van der Waals surface area contributed by atoms with Crippen molar-refractivity contribution in [3.05, 3.63) is 23.8 Å². The number of aromatic nitrogens is 2. The minimum atomic E-state index is -2.71. The van der Waals surface area contributed by atoms with Crippen LogP contribution in [0, 0.1) is 0 Å². The van der Waals surface area contributed by atoms with E-state index in [0.717, 1.165) is 12.4 Å². The van der Waals surface area contributed by atoms with Crippen molar-refractivity contribution in [2.75, 3.05) is 5.88 Å². The van der Waals surface area contributed by atoms with Gasteiger partial charge in [0.25, 0.3) is 6.43 Å². The SMILES string of the molecule is O=C(CCCCl)c1cnc(C(F)F)nc1. The predicted octanol–water partition coefficient (Wildman–Crippen LogP) is 2.62. The molecule has 1 heterocycles. The number of rotatable bonds is 5. The van der Waals surface area contributed by atoms with Crippen LogP contribution in [0.25, 0.3) is 0 Å². The minimum absolute atomic E-state index is 0.184. The van der Waals surface area contributed by atoms with Gasteiger partial charge in [0.2, 0.25) is 0 Å². The summed E-state index contributed by atoms with van der Waals surface area (Å²) in [6.07, 6.45) is 0.352. The maximum Gasteiger partial charge on any atom is 0.297 e. The summed E-state index contributed by atoms with van der Waals surface area (Å²) in [5.41, 5.74) is 0.240. The van der Waals surface area contributed by atoms with E-state index in [2.05, 4.69) is 9.97 Å². The first-order chi connectivity index (χ1) is 7.15. The lowest BCUT2D eigenvalue weighted by molar-refractivity contribution is 0.0979. The third kappa shape index (κ3) is 3.51. The number of alkyl halides is 3. The van der Waals surface area contributed by atoms with Crippen molar-refractivity contribution in [2.24, 2.45) is 0 Å². The monoisotopic (exact) mass is 234 g/mol. The molecule has 0 aliphatic carbocycles. The quantitative estimate of drug-likeness (QED) is 0.581. The smallest absolute Gasteiger partial charge is 0.294 e. The Balaban J connectivity index is 2.67. The lowest BCUT2D eigenvalue weighted by Gasteiger charge is -2.00. The Hall–Kier alpha value is -1.10. The normalized spacial score (nSPS) is 10.7. The standard InChI is InChI=1S/C9H9ClF2N2O/c10-3-1-2-7(15)6-4-13-9(8(11)12)14-5-6/h4-5,8H,1-3H2. The molecule has 1 aromatic rings. The zero-order valence-corrected chi connectivity index (χ0v) is 8.55. The van der Waals surface area contributed by atoms with Crippen molar-refractivity contribution in [1.82, 2.24) is 9.97 Å². The van der Waals surface area contributed by atoms with Gasteiger partial charge in [-0.05, 0) is 6.42 Å². The molecule has 0 saturated heterocycles. The molecule has 15 heavy (non-hydrogen) atoms. The molecule has 0 N–H and O–H groups in total. The van der Waals surface area contributed by atoms with Crippen LogP contribution in [-0.4, -0.2) is 21.6 Å². The zero-order valence-electron chi connectivity index (χ0n) is 7.79. The second-order valence-corrected chi connectivity index (χ2v) is 3.22. The van der Waals surface area contributed by atoms with Gasteiger partial charge in [0.1, 0.15) is 0 Å². The van der Waals surface area contributed by atoms with Crippen LogP contribution in [0.3, 0.4) is 0 Å². The first kappa shape index (κ1) is 12.0. The van der Waals surface area contributed by atoms with Crippen LogP contribution >= 0.6 is 11.6 Å². The number of nitrogens with zero attached hydrogens (tertiary/aromatic N) is 2. The highest BCUT2D eigenvalue weighted by atomic mass is 35.5. The topological polar surface area (TPSA) is 42.9 Å².